The average Bonchev–Trinajstić information content (AvgIpc) is 2.86. The molecule has 0 bridgehead atoms. The van der Waals surface area contributed by atoms with E-state index in [0.717, 1.165) is 0 Å². The summed E-state index contributed by atoms with van der Waals surface area (Å²) in [6.07, 6.45) is -1.27. The number of primary amides is 1. The van der Waals surface area contributed by atoms with Gasteiger partial charge in [-0.15, -0.1) is 0 Å². The van der Waals surface area contributed by atoms with E-state index in [2.05, 4.69) is 4.74 Å². The molecule has 1 aromatic heterocycles. The van der Waals surface area contributed by atoms with Gasteiger partial charge in [-0.05, 0) is 12.1 Å². The SMILES string of the molecule is COCc1ccc(C=O)n1[C@@H](C[C@H](O)C(N)=O)C(=O)OC. The minimum absolute atomic E-state index is 0.147. The maximum Gasteiger partial charge on any atom is 0.328 e. The molecule has 0 aliphatic rings. The lowest BCUT2D eigenvalue weighted by molar-refractivity contribution is -0.146. The zero-order valence-electron chi connectivity index (χ0n) is 11.8. The Bertz CT molecular complexity index is 525. The summed E-state index contributed by atoms with van der Waals surface area (Å²) in [6, 6.07) is 2.06. The lowest BCUT2D eigenvalue weighted by atomic mass is 10.1. The first-order chi connectivity index (χ1) is 9.96. The molecule has 1 amide bonds. The Morgan fingerprint density at radius 3 is 2.57 bits per heavy atom. The minimum atomic E-state index is -1.54. The van der Waals surface area contributed by atoms with Gasteiger partial charge in [-0.2, -0.15) is 0 Å². The highest BCUT2D eigenvalue weighted by Crippen LogP contribution is 2.22. The number of aliphatic hydroxyl groups is 1. The van der Waals surface area contributed by atoms with Crippen LogP contribution in [-0.4, -0.2) is 48.2 Å². The van der Waals surface area contributed by atoms with E-state index in [9.17, 15) is 19.5 Å². The van der Waals surface area contributed by atoms with E-state index in [1.54, 1.807) is 6.07 Å². The van der Waals surface area contributed by atoms with Gasteiger partial charge in [-0.1, -0.05) is 0 Å². The van der Waals surface area contributed by atoms with Gasteiger partial charge in [-0.3, -0.25) is 9.59 Å². The molecule has 21 heavy (non-hydrogen) atoms. The summed E-state index contributed by atoms with van der Waals surface area (Å²) in [4.78, 5) is 34.0. The predicted molar refractivity (Wildman–Crippen MR) is 71.4 cm³/mol. The van der Waals surface area contributed by atoms with Gasteiger partial charge in [0.1, 0.15) is 12.1 Å². The zero-order valence-corrected chi connectivity index (χ0v) is 11.8. The van der Waals surface area contributed by atoms with Crippen LogP contribution in [0, 0.1) is 0 Å². The molecule has 0 aromatic carbocycles. The topological polar surface area (TPSA) is 121 Å². The van der Waals surface area contributed by atoms with Crippen molar-refractivity contribution < 1.29 is 29.0 Å². The van der Waals surface area contributed by atoms with Crippen LogP contribution in [0.15, 0.2) is 12.1 Å². The van der Waals surface area contributed by atoms with Crippen LogP contribution in [0.3, 0.4) is 0 Å². The predicted octanol–water partition coefficient (Wildman–Crippen LogP) is -0.603. The molecular formula is C13H18N2O6. The Labute approximate surface area is 121 Å². The molecule has 0 fully saturated rings. The van der Waals surface area contributed by atoms with Crippen LogP contribution >= 0.6 is 0 Å². The van der Waals surface area contributed by atoms with E-state index >= 15 is 0 Å². The fourth-order valence-corrected chi connectivity index (χ4v) is 2.02. The average molecular weight is 298 g/mol. The van der Waals surface area contributed by atoms with Gasteiger partial charge in [0.25, 0.3) is 0 Å². The number of nitrogens with two attached hydrogens (primary N) is 1. The lowest BCUT2D eigenvalue weighted by Gasteiger charge is -2.22. The van der Waals surface area contributed by atoms with Crippen LogP contribution in [0.4, 0.5) is 0 Å². The first-order valence-corrected chi connectivity index (χ1v) is 6.15. The van der Waals surface area contributed by atoms with E-state index in [1.165, 1.54) is 24.9 Å². The zero-order chi connectivity index (χ0) is 16.0. The van der Waals surface area contributed by atoms with Crippen LogP contribution in [0.2, 0.25) is 0 Å². The second-order valence-electron chi connectivity index (χ2n) is 4.36. The van der Waals surface area contributed by atoms with Crippen molar-refractivity contribution in [1.82, 2.24) is 4.57 Å². The summed E-state index contributed by atoms with van der Waals surface area (Å²) in [5.74, 6) is -1.66. The number of nitrogens with zero attached hydrogens (tertiary/aromatic N) is 1. The van der Waals surface area contributed by atoms with E-state index in [4.69, 9.17) is 10.5 Å². The number of hydrogen-bond acceptors (Lipinski definition) is 6. The Kier molecular flexibility index (Phi) is 6.07. The summed E-state index contributed by atoms with van der Waals surface area (Å²) in [5, 5.41) is 9.61. The summed E-state index contributed by atoms with van der Waals surface area (Å²) in [7, 11) is 2.63. The number of ether oxygens (including phenoxy) is 2. The number of aromatic nitrogens is 1. The smallest absolute Gasteiger partial charge is 0.328 e. The molecule has 3 N–H and O–H groups in total. The summed E-state index contributed by atoms with van der Waals surface area (Å²) >= 11 is 0. The standard InChI is InChI=1S/C13H18N2O6/c1-20-7-9-4-3-8(6-16)15(9)10(13(19)21-2)5-11(17)12(14)18/h3-4,6,10-11,17H,5,7H2,1-2H3,(H2,14,18)/t10-,11-/m0/s1. The Morgan fingerprint density at radius 2 is 2.10 bits per heavy atom. The van der Waals surface area contributed by atoms with Crippen LogP contribution < -0.4 is 5.73 Å². The molecule has 0 aliphatic carbocycles. The highest BCUT2D eigenvalue weighted by atomic mass is 16.5. The molecule has 0 unspecified atom stereocenters. The second-order valence-corrected chi connectivity index (χ2v) is 4.36. The number of carbonyl (C=O) groups is 3. The van der Waals surface area contributed by atoms with E-state index in [0.29, 0.717) is 12.0 Å². The molecule has 0 aliphatic heterocycles. The number of methoxy groups -OCH3 is 2. The minimum Gasteiger partial charge on any atom is -0.467 e. The molecule has 1 heterocycles. The van der Waals surface area contributed by atoms with Gasteiger partial charge in [0.05, 0.1) is 19.4 Å². The fourth-order valence-electron chi connectivity index (χ4n) is 2.02. The molecule has 2 atom stereocenters. The second kappa shape index (κ2) is 7.55. The number of aldehydes is 1. The van der Waals surface area contributed by atoms with Gasteiger partial charge in [0.2, 0.25) is 5.91 Å². The molecular weight excluding hydrogens is 280 g/mol. The van der Waals surface area contributed by atoms with Crippen LogP contribution in [0.1, 0.15) is 28.6 Å². The van der Waals surface area contributed by atoms with E-state index in [1.807, 2.05) is 0 Å². The fraction of sp³-hybridized carbons (Fsp3) is 0.462. The maximum atomic E-state index is 11.9. The molecule has 0 spiro atoms. The van der Waals surface area contributed by atoms with Crippen molar-refractivity contribution in [2.24, 2.45) is 5.73 Å². The van der Waals surface area contributed by atoms with Crippen molar-refractivity contribution in [1.29, 1.82) is 0 Å². The molecule has 0 saturated heterocycles. The molecule has 1 rings (SSSR count). The molecule has 0 radical (unpaired) electrons. The van der Waals surface area contributed by atoms with Gasteiger partial charge in [0.15, 0.2) is 6.29 Å². The van der Waals surface area contributed by atoms with E-state index in [-0.39, 0.29) is 18.7 Å². The number of carbonyl (C=O) groups excluding carboxylic acids is 3. The third-order valence-electron chi connectivity index (χ3n) is 3.01. The van der Waals surface area contributed by atoms with Crippen molar-refractivity contribution in [3.63, 3.8) is 0 Å². The van der Waals surface area contributed by atoms with E-state index < -0.39 is 24.0 Å². The van der Waals surface area contributed by atoms with Crippen LogP contribution in [-0.2, 0) is 25.7 Å². The van der Waals surface area contributed by atoms with Gasteiger partial charge >= 0.3 is 5.97 Å². The largest absolute Gasteiger partial charge is 0.467 e. The van der Waals surface area contributed by atoms with Crippen molar-refractivity contribution >= 4 is 18.2 Å². The first-order valence-electron chi connectivity index (χ1n) is 6.15. The summed E-state index contributed by atoms with van der Waals surface area (Å²) < 4.78 is 11.0. The van der Waals surface area contributed by atoms with Gasteiger partial charge in [-0.25, -0.2) is 4.79 Å². The van der Waals surface area contributed by atoms with Crippen molar-refractivity contribution in [2.45, 2.75) is 25.2 Å². The Morgan fingerprint density at radius 1 is 1.43 bits per heavy atom. The summed E-state index contributed by atoms with van der Waals surface area (Å²) in [5.41, 5.74) is 5.74. The highest BCUT2D eigenvalue weighted by molar-refractivity contribution is 5.82. The highest BCUT2D eigenvalue weighted by Gasteiger charge is 2.29. The number of rotatable bonds is 8. The molecule has 8 nitrogen and oxygen atoms in total. The number of amides is 1. The van der Waals surface area contributed by atoms with Crippen molar-refractivity contribution in [3.8, 4) is 0 Å². The van der Waals surface area contributed by atoms with Gasteiger partial charge < -0.3 is 24.9 Å². The molecule has 1 aromatic rings. The Hall–Kier alpha value is -2.19. The monoisotopic (exact) mass is 298 g/mol. The van der Waals surface area contributed by atoms with Crippen molar-refractivity contribution in [3.05, 3.63) is 23.5 Å². The molecule has 116 valence electrons. The quantitative estimate of drug-likeness (QED) is 0.488. The lowest BCUT2D eigenvalue weighted by Crippen LogP contribution is -2.34. The normalized spacial score (nSPS) is 13.5. The Balaban J connectivity index is 3.24. The number of hydrogen-bond donors (Lipinski definition) is 2. The number of esters is 1. The molecule has 0 saturated carbocycles. The van der Waals surface area contributed by atoms with Crippen LogP contribution in [0.5, 0.6) is 0 Å². The third-order valence-corrected chi connectivity index (χ3v) is 3.01. The van der Waals surface area contributed by atoms with Crippen LogP contribution in [0.25, 0.3) is 0 Å². The number of aliphatic hydroxyl groups excluding tert-OH is 1. The third kappa shape index (κ3) is 3.89. The van der Waals surface area contributed by atoms with Gasteiger partial charge in [0, 0.05) is 19.2 Å². The van der Waals surface area contributed by atoms with Crippen molar-refractivity contribution in [2.75, 3.05) is 14.2 Å². The summed E-state index contributed by atoms with van der Waals surface area (Å²) in [6.45, 7) is 0.147. The first kappa shape index (κ1) is 16.9. The molecule has 8 heteroatoms. The maximum absolute atomic E-state index is 11.9.